The van der Waals surface area contributed by atoms with Gasteiger partial charge in [0.05, 0.1) is 48.4 Å². The molecule has 340 valence electrons. The number of likely N-dealkylation sites (N-methyl/N-ethyl adjacent to an activating group) is 2. The van der Waals surface area contributed by atoms with Crippen LogP contribution < -0.4 is 0 Å². The van der Waals surface area contributed by atoms with E-state index in [0.29, 0.717) is 12.8 Å². The quantitative estimate of drug-likeness (QED) is 0.115. The van der Waals surface area contributed by atoms with Crippen molar-refractivity contribution in [3.63, 3.8) is 0 Å². The van der Waals surface area contributed by atoms with Gasteiger partial charge in [-0.15, -0.1) is 0 Å². The molecule has 2 aliphatic rings. The number of aromatic nitrogens is 1. The summed E-state index contributed by atoms with van der Waals surface area (Å²) in [6, 6.07) is 8.56. The summed E-state index contributed by atoms with van der Waals surface area (Å²) in [7, 11) is 6.63. The van der Waals surface area contributed by atoms with Crippen molar-refractivity contribution in [2.75, 3.05) is 34.8 Å². The molecule has 0 spiro atoms. The summed E-state index contributed by atoms with van der Waals surface area (Å²) in [5.74, 6) is -3.24. The molecule has 0 radical (unpaired) electrons. The number of aryl methyl sites for hydroxylation is 1. The van der Waals surface area contributed by atoms with Crippen LogP contribution in [-0.4, -0.2) is 162 Å². The van der Waals surface area contributed by atoms with Crippen LogP contribution >= 0.6 is 0 Å². The Balaban J connectivity index is 1.74. The van der Waals surface area contributed by atoms with Crippen molar-refractivity contribution >= 4 is 35.1 Å². The van der Waals surface area contributed by atoms with Crippen molar-refractivity contribution < 1.29 is 62.9 Å². The van der Waals surface area contributed by atoms with Crippen molar-refractivity contribution in [3.8, 4) is 0 Å². The van der Waals surface area contributed by atoms with Gasteiger partial charge in [-0.05, 0) is 96.4 Å². The first-order valence-corrected chi connectivity index (χ1v) is 21.2. The van der Waals surface area contributed by atoms with Crippen LogP contribution in [0.1, 0.15) is 72.3 Å². The monoisotopic (exact) mass is 857 g/mol. The third-order valence-electron chi connectivity index (χ3n) is 11.7. The summed E-state index contributed by atoms with van der Waals surface area (Å²) >= 11 is 0. The van der Waals surface area contributed by atoms with Gasteiger partial charge in [0.15, 0.2) is 6.29 Å². The highest BCUT2D eigenvalue weighted by atomic mass is 16.7. The number of aliphatic hydroxyl groups excluding tert-OH is 3. The molecule has 1 aromatic carbocycles. The molecule has 1 saturated heterocycles. The average Bonchev–Trinajstić information content (AvgIpc) is 3.18. The van der Waals surface area contributed by atoms with Gasteiger partial charge in [0.1, 0.15) is 36.8 Å². The number of hydrogen-bond donors (Lipinski definition) is 3. The highest BCUT2D eigenvalue weighted by molar-refractivity contribution is 5.81. The Bertz CT molecular complexity index is 1760. The van der Waals surface area contributed by atoms with Crippen molar-refractivity contribution in [1.82, 2.24) is 14.8 Å². The molecule has 0 amide bonds. The van der Waals surface area contributed by atoms with E-state index < -0.39 is 109 Å². The molecule has 1 aromatic heterocycles. The number of benzene rings is 1. The van der Waals surface area contributed by atoms with Gasteiger partial charge in [-0.2, -0.15) is 0 Å². The predicted octanol–water partition coefficient (Wildman–Crippen LogP) is 3.00. The molecule has 3 N–H and O–H groups in total. The first-order valence-electron chi connectivity index (χ1n) is 21.2. The zero-order chi connectivity index (χ0) is 45.0. The Morgan fingerprint density at radius 1 is 0.951 bits per heavy atom. The number of ether oxygens (including phenoxy) is 6. The van der Waals surface area contributed by atoms with E-state index in [9.17, 15) is 34.5 Å². The van der Waals surface area contributed by atoms with Gasteiger partial charge < -0.3 is 53.4 Å². The van der Waals surface area contributed by atoms with Crippen LogP contribution in [-0.2, 0) is 54.0 Å². The number of fused-ring (bicyclic) bond motifs is 1. The van der Waals surface area contributed by atoms with Crippen LogP contribution in [0.3, 0.4) is 0 Å². The fourth-order valence-corrected chi connectivity index (χ4v) is 8.72. The molecule has 61 heavy (non-hydrogen) atoms. The van der Waals surface area contributed by atoms with Gasteiger partial charge in [0, 0.05) is 45.4 Å². The maximum Gasteiger partial charge on any atom is 0.309 e. The van der Waals surface area contributed by atoms with Crippen LogP contribution in [0, 0.1) is 11.8 Å². The highest BCUT2D eigenvalue weighted by Crippen LogP contribution is 2.34. The van der Waals surface area contributed by atoms with Crippen molar-refractivity contribution in [2.45, 2.75) is 146 Å². The number of carbonyl (C=O) groups excluding carboxylic acids is 4. The van der Waals surface area contributed by atoms with E-state index >= 15 is 0 Å². The second kappa shape index (κ2) is 23.5. The number of rotatable bonds is 13. The van der Waals surface area contributed by atoms with E-state index in [2.05, 4.69) is 4.98 Å². The molecule has 0 unspecified atom stereocenters. The largest absolute Gasteiger partial charge is 0.462 e. The molecule has 3 heterocycles. The third-order valence-corrected chi connectivity index (χ3v) is 11.7. The fraction of sp³-hybridized carbons (Fsp3) is 0.667. The van der Waals surface area contributed by atoms with Gasteiger partial charge in [-0.25, -0.2) is 0 Å². The molecule has 0 aliphatic carbocycles. The lowest BCUT2D eigenvalue weighted by molar-refractivity contribution is -0.310. The van der Waals surface area contributed by atoms with E-state index in [-0.39, 0.29) is 19.3 Å². The molecule has 0 bridgehead atoms. The van der Waals surface area contributed by atoms with Crippen LogP contribution in [0.5, 0.6) is 0 Å². The number of methoxy groups -OCH3 is 1. The zero-order valence-corrected chi connectivity index (χ0v) is 37.0. The van der Waals surface area contributed by atoms with Crippen LogP contribution in [0.4, 0.5) is 0 Å². The summed E-state index contributed by atoms with van der Waals surface area (Å²) in [6.07, 6.45) is -3.79. The molecule has 14 atom stereocenters. The average molecular weight is 858 g/mol. The van der Waals surface area contributed by atoms with E-state index in [1.165, 1.54) is 21.0 Å². The van der Waals surface area contributed by atoms with Crippen molar-refractivity contribution in [3.05, 3.63) is 54.2 Å². The van der Waals surface area contributed by atoms with Gasteiger partial charge in [-0.1, -0.05) is 31.2 Å². The number of cyclic esters (lactones) is 1. The predicted molar refractivity (Wildman–Crippen MR) is 225 cm³/mol. The molecule has 2 aromatic rings. The molecule has 16 heteroatoms. The summed E-state index contributed by atoms with van der Waals surface area (Å²) in [4.78, 5) is 59.5. The Hall–Kier alpha value is -3.87. The highest BCUT2D eigenvalue weighted by Gasteiger charge is 2.48. The smallest absolute Gasteiger partial charge is 0.309 e. The third kappa shape index (κ3) is 13.8. The Kier molecular flexibility index (Phi) is 19.2. The lowest BCUT2D eigenvalue weighted by atomic mass is 9.82. The second-order valence-electron chi connectivity index (χ2n) is 16.8. The molecule has 1 fully saturated rings. The number of para-hydroxylation sites is 1. The topological polar surface area (TPSA) is 204 Å². The molecule has 0 saturated carbocycles. The molecular formula is C45H67N3O13. The lowest BCUT2D eigenvalue weighted by Crippen LogP contribution is -2.63. The number of aldehydes is 1. The number of carbonyl (C=O) groups is 4. The molecular weight excluding hydrogens is 791 g/mol. The van der Waals surface area contributed by atoms with Crippen LogP contribution in [0.25, 0.3) is 10.9 Å². The SMILES string of the molecule is CO[C@@H]1[C@@H](O[C@H]2O[C@H](C)[C@@H](O)[C@H](N(C)C)[C@H]2O)[C@@H](CC=O)C[C@@H](C)[C@@H](OC(C)=O)/C=C/[C@@H](N(C)CCCc2ccnc3ccccc23)[C@@H](O)C[C@@H](C)OC(=O)C[C@H]1OC(C)=O. The van der Waals surface area contributed by atoms with Gasteiger partial charge >= 0.3 is 17.9 Å². The fourth-order valence-electron chi connectivity index (χ4n) is 8.72. The zero-order valence-electron chi connectivity index (χ0n) is 37.0. The van der Waals surface area contributed by atoms with E-state index in [1.807, 2.05) is 49.2 Å². The minimum Gasteiger partial charge on any atom is -0.462 e. The van der Waals surface area contributed by atoms with Crippen molar-refractivity contribution in [2.24, 2.45) is 11.8 Å². The number of esters is 3. The Labute approximate surface area is 359 Å². The number of pyridine rings is 1. The maximum atomic E-state index is 13.7. The summed E-state index contributed by atoms with van der Waals surface area (Å²) in [6.45, 7) is 8.20. The van der Waals surface area contributed by atoms with E-state index in [0.717, 1.165) is 29.3 Å². The summed E-state index contributed by atoms with van der Waals surface area (Å²) in [5, 5.41) is 35.3. The lowest BCUT2D eigenvalue weighted by Gasteiger charge is -2.47. The summed E-state index contributed by atoms with van der Waals surface area (Å²) < 4.78 is 36.0. The summed E-state index contributed by atoms with van der Waals surface area (Å²) in [5.41, 5.74) is 2.07. The van der Waals surface area contributed by atoms with Gasteiger partial charge in [0.2, 0.25) is 0 Å². The van der Waals surface area contributed by atoms with Crippen molar-refractivity contribution in [1.29, 1.82) is 0 Å². The minimum atomic E-state index is -1.38. The molecule has 16 nitrogen and oxygen atoms in total. The minimum absolute atomic E-state index is 0.0426. The first-order chi connectivity index (χ1) is 28.9. The number of nitrogens with zero attached hydrogens (tertiary/aromatic N) is 3. The molecule has 2 aliphatic heterocycles. The first kappa shape index (κ1) is 49.8. The van der Waals surface area contributed by atoms with Gasteiger partial charge in [-0.3, -0.25) is 24.3 Å². The van der Waals surface area contributed by atoms with Crippen LogP contribution in [0.15, 0.2) is 48.7 Å². The number of hydrogen-bond acceptors (Lipinski definition) is 16. The van der Waals surface area contributed by atoms with E-state index in [1.54, 1.807) is 51.2 Å². The molecule has 4 rings (SSSR count). The Morgan fingerprint density at radius 2 is 1.66 bits per heavy atom. The van der Waals surface area contributed by atoms with Gasteiger partial charge in [0.25, 0.3) is 0 Å². The van der Waals surface area contributed by atoms with E-state index in [4.69, 9.17) is 28.4 Å². The van der Waals surface area contributed by atoms with Crippen LogP contribution in [0.2, 0.25) is 0 Å². The maximum absolute atomic E-state index is 13.7. The normalized spacial score (nSPS) is 33.8. The standard InChI is InChI=1S/C45H67N3O13/c1-26-23-32(19-22-49)43(61-45-42(55)40(47(6)7)41(54)28(3)58-45)44(56-9)38(60-30(5)51)25-39(53)57-27(2)24-36(52)35(16-17-37(26)59-29(4)50)48(8)21-12-13-31-18-20-46-34-15-11-10-14-33(31)34/h10-11,14-18,20,22,26-28,32,35-38,40-45,52,54-55H,12-13,19,21,23-25H2,1-9H3/b17-16+/t26-,27-,28-,32+,35-,36+,37+,38-,40+,41-,42-,43+,44+,45-/m1/s1. The second-order valence-corrected chi connectivity index (χ2v) is 16.8. The Morgan fingerprint density at radius 3 is 2.31 bits per heavy atom. The number of aliphatic hydroxyl groups is 3.